The molecule has 0 aliphatic carbocycles. The molecule has 18 heavy (non-hydrogen) atoms. The molecule has 0 fully saturated rings. The molecule has 0 aliphatic heterocycles. The first-order valence-corrected chi connectivity index (χ1v) is 6.56. The van der Waals surface area contributed by atoms with Gasteiger partial charge in [0.25, 0.3) is 0 Å². The summed E-state index contributed by atoms with van der Waals surface area (Å²) in [7, 11) is 0. The number of rotatable bonds is 3. The normalized spacial score (nSPS) is 11.8. The smallest absolute Gasteiger partial charge is 0.142 e. The lowest BCUT2D eigenvalue weighted by atomic mass is 9.87. The molecular formula is C14H18ClN3. The Balaban J connectivity index is 2.16. The van der Waals surface area contributed by atoms with Gasteiger partial charge in [-0.15, -0.1) is 11.6 Å². The standard InChI is InChI=1S/C14H18ClN3/c1-14(2,3)12-6-4-11(5-7-12)9-18-13(8-15)16-10-17-18/h4-7,10H,8-9H2,1-3H3. The molecule has 0 saturated carbocycles. The maximum atomic E-state index is 5.80. The van der Waals surface area contributed by atoms with Gasteiger partial charge in [0, 0.05) is 0 Å². The van der Waals surface area contributed by atoms with E-state index in [4.69, 9.17) is 11.6 Å². The fourth-order valence-corrected chi connectivity index (χ4v) is 2.01. The van der Waals surface area contributed by atoms with Crippen LogP contribution in [-0.4, -0.2) is 14.8 Å². The monoisotopic (exact) mass is 263 g/mol. The van der Waals surface area contributed by atoms with E-state index in [9.17, 15) is 0 Å². The summed E-state index contributed by atoms with van der Waals surface area (Å²) in [5.74, 6) is 1.19. The third-order valence-electron chi connectivity index (χ3n) is 2.97. The van der Waals surface area contributed by atoms with Crippen LogP contribution in [0.4, 0.5) is 0 Å². The van der Waals surface area contributed by atoms with Gasteiger partial charge in [-0.05, 0) is 16.5 Å². The molecule has 0 atom stereocenters. The van der Waals surface area contributed by atoms with Crippen molar-refractivity contribution in [2.24, 2.45) is 0 Å². The predicted octanol–water partition coefficient (Wildman–Crippen LogP) is 3.36. The molecule has 0 unspecified atom stereocenters. The van der Waals surface area contributed by atoms with Crippen molar-refractivity contribution in [1.82, 2.24) is 14.8 Å². The van der Waals surface area contributed by atoms with E-state index in [1.807, 2.05) is 4.68 Å². The molecule has 4 heteroatoms. The minimum absolute atomic E-state index is 0.188. The van der Waals surface area contributed by atoms with Crippen molar-refractivity contribution in [3.05, 3.63) is 47.5 Å². The Labute approximate surface area is 113 Å². The summed E-state index contributed by atoms with van der Waals surface area (Å²) in [5.41, 5.74) is 2.73. The average Bonchev–Trinajstić information content (AvgIpc) is 2.76. The van der Waals surface area contributed by atoms with E-state index in [1.165, 1.54) is 11.1 Å². The fourth-order valence-electron chi connectivity index (χ4n) is 1.81. The maximum Gasteiger partial charge on any atom is 0.142 e. The summed E-state index contributed by atoms with van der Waals surface area (Å²) in [6, 6.07) is 8.62. The molecule has 1 aromatic carbocycles. The van der Waals surface area contributed by atoms with Gasteiger partial charge in [0.1, 0.15) is 12.2 Å². The lowest BCUT2D eigenvalue weighted by molar-refractivity contribution is 0.589. The maximum absolute atomic E-state index is 5.80. The third-order valence-corrected chi connectivity index (χ3v) is 3.21. The predicted molar refractivity (Wildman–Crippen MR) is 73.8 cm³/mol. The third kappa shape index (κ3) is 2.91. The van der Waals surface area contributed by atoms with Crippen LogP contribution in [0, 0.1) is 0 Å². The van der Waals surface area contributed by atoms with Gasteiger partial charge in [-0.25, -0.2) is 9.67 Å². The molecule has 1 aromatic heterocycles. The van der Waals surface area contributed by atoms with Crippen molar-refractivity contribution < 1.29 is 0 Å². The van der Waals surface area contributed by atoms with E-state index >= 15 is 0 Å². The van der Waals surface area contributed by atoms with Crippen LogP contribution in [0.1, 0.15) is 37.7 Å². The van der Waals surface area contributed by atoms with Crippen molar-refractivity contribution in [2.75, 3.05) is 0 Å². The van der Waals surface area contributed by atoms with Gasteiger partial charge < -0.3 is 0 Å². The Bertz CT molecular complexity index is 509. The van der Waals surface area contributed by atoms with Gasteiger partial charge >= 0.3 is 0 Å². The van der Waals surface area contributed by atoms with Crippen molar-refractivity contribution in [3.8, 4) is 0 Å². The largest absolute Gasteiger partial charge is 0.244 e. The SMILES string of the molecule is CC(C)(C)c1ccc(Cn2ncnc2CCl)cc1. The molecule has 0 bridgehead atoms. The zero-order valence-electron chi connectivity index (χ0n) is 11.0. The van der Waals surface area contributed by atoms with Crippen LogP contribution in [0.3, 0.4) is 0 Å². The van der Waals surface area contributed by atoms with Crippen LogP contribution in [0.15, 0.2) is 30.6 Å². The van der Waals surface area contributed by atoms with Gasteiger partial charge in [-0.1, -0.05) is 45.0 Å². The van der Waals surface area contributed by atoms with E-state index in [1.54, 1.807) is 6.33 Å². The minimum Gasteiger partial charge on any atom is -0.244 e. The quantitative estimate of drug-likeness (QED) is 0.795. The summed E-state index contributed by atoms with van der Waals surface area (Å²) in [4.78, 5) is 4.11. The van der Waals surface area contributed by atoms with Gasteiger partial charge in [-0.2, -0.15) is 5.10 Å². The number of hydrogen-bond acceptors (Lipinski definition) is 2. The number of benzene rings is 1. The fraction of sp³-hybridized carbons (Fsp3) is 0.429. The molecule has 0 spiro atoms. The first kappa shape index (κ1) is 13.1. The van der Waals surface area contributed by atoms with Crippen molar-refractivity contribution in [3.63, 3.8) is 0 Å². The summed E-state index contributed by atoms with van der Waals surface area (Å²) in [6.07, 6.45) is 1.54. The second kappa shape index (κ2) is 5.11. The summed E-state index contributed by atoms with van der Waals surface area (Å²) >= 11 is 5.80. The van der Waals surface area contributed by atoms with Crippen molar-refractivity contribution >= 4 is 11.6 Å². The van der Waals surface area contributed by atoms with Crippen molar-refractivity contribution in [1.29, 1.82) is 0 Å². The highest BCUT2D eigenvalue weighted by Gasteiger charge is 2.13. The van der Waals surface area contributed by atoms with Crippen LogP contribution < -0.4 is 0 Å². The molecule has 2 aromatic rings. The first-order chi connectivity index (χ1) is 8.50. The molecule has 1 heterocycles. The molecule has 0 N–H and O–H groups in total. The number of nitrogens with zero attached hydrogens (tertiary/aromatic N) is 3. The van der Waals surface area contributed by atoms with Crippen LogP contribution in [0.2, 0.25) is 0 Å². The molecule has 0 aliphatic rings. The Morgan fingerprint density at radius 2 is 1.83 bits per heavy atom. The average molecular weight is 264 g/mol. The zero-order valence-corrected chi connectivity index (χ0v) is 11.8. The van der Waals surface area contributed by atoms with E-state index < -0.39 is 0 Å². The van der Waals surface area contributed by atoms with Gasteiger partial charge in [0.05, 0.1) is 12.4 Å². The second-order valence-corrected chi connectivity index (χ2v) is 5.68. The summed E-state index contributed by atoms with van der Waals surface area (Å²) in [6.45, 7) is 7.35. The molecular weight excluding hydrogens is 246 g/mol. The summed E-state index contributed by atoms with van der Waals surface area (Å²) in [5, 5.41) is 4.17. The van der Waals surface area contributed by atoms with Gasteiger partial charge in [-0.3, -0.25) is 0 Å². The molecule has 2 rings (SSSR count). The molecule has 0 saturated heterocycles. The number of hydrogen-bond donors (Lipinski definition) is 0. The number of alkyl halides is 1. The van der Waals surface area contributed by atoms with Crippen molar-refractivity contribution in [2.45, 2.75) is 38.6 Å². The first-order valence-electron chi connectivity index (χ1n) is 6.03. The summed E-state index contributed by atoms with van der Waals surface area (Å²) < 4.78 is 1.83. The van der Waals surface area contributed by atoms with E-state index in [-0.39, 0.29) is 5.41 Å². The Morgan fingerprint density at radius 1 is 1.17 bits per heavy atom. The molecule has 96 valence electrons. The lowest BCUT2D eigenvalue weighted by Gasteiger charge is -2.19. The molecule has 3 nitrogen and oxygen atoms in total. The minimum atomic E-state index is 0.188. The van der Waals surface area contributed by atoms with Crippen LogP contribution >= 0.6 is 11.6 Å². The highest BCUT2D eigenvalue weighted by atomic mass is 35.5. The number of halogens is 1. The van der Waals surface area contributed by atoms with Crippen LogP contribution in [-0.2, 0) is 17.8 Å². The van der Waals surface area contributed by atoms with E-state index in [0.717, 1.165) is 5.82 Å². The van der Waals surface area contributed by atoms with Crippen LogP contribution in [0.5, 0.6) is 0 Å². The second-order valence-electron chi connectivity index (χ2n) is 5.41. The van der Waals surface area contributed by atoms with Crippen LogP contribution in [0.25, 0.3) is 0 Å². The Kier molecular flexibility index (Phi) is 3.71. The highest BCUT2D eigenvalue weighted by Crippen LogP contribution is 2.22. The topological polar surface area (TPSA) is 30.7 Å². The lowest BCUT2D eigenvalue weighted by Crippen LogP contribution is -2.11. The van der Waals surface area contributed by atoms with Gasteiger partial charge in [0.15, 0.2) is 0 Å². The highest BCUT2D eigenvalue weighted by molar-refractivity contribution is 6.16. The zero-order chi connectivity index (χ0) is 13.2. The Hall–Kier alpha value is -1.35. The number of aromatic nitrogens is 3. The Morgan fingerprint density at radius 3 is 2.39 bits per heavy atom. The molecule has 0 amide bonds. The van der Waals surface area contributed by atoms with E-state index in [2.05, 4.69) is 55.1 Å². The van der Waals surface area contributed by atoms with E-state index in [0.29, 0.717) is 12.4 Å². The van der Waals surface area contributed by atoms with Gasteiger partial charge in [0.2, 0.25) is 0 Å². The molecule has 0 radical (unpaired) electrons.